The van der Waals surface area contributed by atoms with Crippen LogP contribution in [0.3, 0.4) is 0 Å². The van der Waals surface area contributed by atoms with E-state index in [-0.39, 0.29) is 11.5 Å². The molecular weight excluding hydrogens is 188 g/mol. The molecule has 0 N–H and O–H groups in total. The van der Waals surface area contributed by atoms with Gasteiger partial charge in [0.25, 0.3) is 0 Å². The molecule has 0 radical (unpaired) electrons. The Labute approximate surface area is 90.2 Å². The summed E-state index contributed by atoms with van der Waals surface area (Å²) >= 11 is 0. The van der Waals surface area contributed by atoms with Crippen LogP contribution >= 0.6 is 0 Å². The van der Waals surface area contributed by atoms with E-state index in [1.807, 2.05) is 0 Å². The van der Waals surface area contributed by atoms with E-state index in [2.05, 4.69) is 32.0 Å². The Morgan fingerprint density at radius 2 is 2.27 bits per heavy atom. The number of ether oxygens (including phenoxy) is 2. The fraction of sp³-hybridized carbons (Fsp3) is 0.538. The van der Waals surface area contributed by atoms with E-state index in [0.29, 0.717) is 6.79 Å². The summed E-state index contributed by atoms with van der Waals surface area (Å²) in [5.41, 5.74) is 4.28. The lowest BCUT2D eigenvalue weighted by Gasteiger charge is -2.35. The third kappa shape index (κ3) is 1.32. The van der Waals surface area contributed by atoms with E-state index in [1.165, 1.54) is 16.7 Å². The second-order valence-electron chi connectivity index (χ2n) is 5.05. The van der Waals surface area contributed by atoms with E-state index >= 15 is 0 Å². The van der Waals surface area contributed by atoms with Gasteiger partial charge in [0, 0.05) is 5.41 Å². The number of rotatable bonds is 0. The molecule has 1 aliphatic carbocycles. The minimum Gasteiger partial charge on any atom is -0.355 e. The first-order chi connectivity index (χ1) is 7.19. The standard InChI is InChI=1S/C13H16O2/c1-9-3-4-11-10(5-9)6-13(2)7-14-8-15-12(11)13/h3-5,12H,6-8H2,1-2H3/t12-,13-/m1/s1. The predicted octanol–water partition coefficient (Wildman–Crippen LogP) is 2.60. The molecule has 1 fully saturated rings. The lowest BCUT2D eigenvalue weighted by Crippen LogP contribution is -2.35. The Bertz CT molecular complexity index is 400. The zero-order chi connectivity index (χ0) is 10.5. The Morgan fingerprint density at radius 3 is 3.13 bits per heavy atom. The van der Waals surface area contributed by atoms with E-state index in [9.17, 15) is 0 Å². The summed E-state index contributed by atoms with van der Waals surface area (Å²) in [6.45, 7) is 5.65. The van der Waals surface area contributed by atoms with Gasteiger partial charge in [0.15, 0.2) is 0 Å². The molecule has 1 aliphatic heterocycles. The van der Waals surface area contributed by atoms with Crippen LogP contribution < -0.4 is 0 Å². The first kappa shape index (κ1) is 9.37. The average Bonchev–Trinajstić information content (AvgIpc) is 2.48. The molecule has 0 aromatic heterocycles. The molecule has 3 rings (SSSR count). The third-order valence-electron chi connectivity index (χ3n) is 3.56. The van der Waals surface area contributed by atoms with Crippen molar-refractivity contribution in [3.8, 4) is 0 Å². The first-order valence-electron chi connectivity index (χ1n) is 5.48. The van der Waals surface area contributed by atoms with Crippen LogP contribution in [-0.2, 0) is 15.9 Å². The van der Waals surface area contributed by atoms with Crippen molar-refractivity contribution in [1.29, 1.82) is 0 Å². The fourth-order valence-corrected chi connectivity index (χ4v) is 2.86. The van der Waals surface area contributed by atoms with E-state index in [1.54, 1.807) is 0 Å². The van der Waals surface area contributed by atoms with E-state index in [4.69, 9.17) is 9.47 Å². The molecule has 0 bridgehead atoms. The summed E-state index contributed by atoms with van der Waals surface area (Å²) in [6, 6.07) is 6.66. The van der Waals surface area contributed by atoms with Gasteiger partial charge in [-0.05, 0) is 24.5 Å². The average molecular weight is 204 g/mol. The highest BCUT2D eigenvalue weighted by molar-refractivity contribution is 5.39. The molecule has 2 heteroatoms. The SMILES string of the molecule is Cc1ccc2c(c1)C[C@]1(C)COCO[C@H]21. The summed E-state index contributed by atoms with van der Waals surface area (Å²) in [4.78, 5) is 0. The highest BCUT2D eigenvalue weighted by Gasteiger charge is 2.45. The van der Waals surface area contributed by atoms with Gasteiger partial charge in [-0.2, -0.15) is 0 Å². The molecule has 0 saturated carbocycles. The Hall–Kier alpha value is -0.860. The summed E-state index contributed by atoms with van der Waals surface area (Å²) < 4.78 is 11.2. The van der Waals surface area contributed by atoms with Gasteiger partial charge in [0.2, 0.25) is 0 Å². The molecule has 1 heterocycles. The van der Waals surface area contributed by atoms with Crippen LogP contribution in [0.1, 0.15) is 29.7 Å². The Morgan fingerprint density at radius 1 is 1.40 bits per heavy atom. The van der Waals surface area contributed by atoms with Gasteiger partial charge in [-0.15, -0.1) is 0 Å². The minimum atomic E-state index is 0.147. The van der Waals surface area contributed by atoms with Crippen LogP contribution in [0, 0.1) is 12.3 Å². The van der Waals surface area contributed by atoms with Crippen LogP contribution in [0.5, 0.6) is 0 Å². The smallest absolute Gasteiger partial charge is 0.147 e. The van der Waals surface area contributed by atoms with Crippen LogP contribution in [0.15, 0.2) is 18.2 Å². The zero-order valence-electron chi connectivity index (χ0n) is 9.25. The zero-order valence-corrected chi connectivity index (χ0v) is 9.25. The summed E-state index contributed by atoms with van der Waals surface area (Å²) in [5, 5.41) is 0. The van der Waals surface area contributed by atoms with Crippen molar-refractivity contribution in [3.63, 3.8) is 0 Å². The molecule has 0 unspecified atom stereocenters. The quantitative estimate of drug-likeness (QED) is 0.646. The van der Waals surface area contributed by atoms with Crippen molar-refractivity contribution < 1.29 is 9.47 Å². The van der Waals surface area contributed by atoms with Crippen molar-refractivity contribution >= 4 is 0 Å². The van der Waals surface area contributed by atoms with Crippen molar-refractivity contribution in [2.75, 3.05) is 13.4 Å². The molecular formula is C13H16O2. The maximum Gasteiger partial charge on any atom is 0.147 e. The summed E-state index contributed by atoms with van der Waals surface area (Å²) in [7, 11) is 0. The lowest BCUT2D eigenvalue weighted by molar-refractivity contribution is -0.200. The lowest BCUT2D eigenvalue weighted by atomic mass is 9.85. The van der Waals surface area contributed by atoms with E-state index < -0.39 is 0 Å². The Balaban J connectivity index is 2.07. The number of hydrogen-bond acceptors (Lipinski definition) is 2. The molecule has 2 atom stereocenters. The predicted molar refractivity (Wildman–Crippen MR) is 57.6 cm³/mol. The van der Waals surface area contributed by atoms with Gasteiger partial charge in [-0.3, -0.25) is 0 Å². The van der Waals surface area contributed by atoms with Crippen molar-refractivity contribution in [2.45, 2.75) is 26.4 Å². The summed E-state index contributed by atoms with van der Waals surface area (Å²) in [5.74, 6) is 0. The number of hydrogen-bond donors (Lipinski definition) is 0. The molecule has 2 nitrogen and oxygen atoms in total. The van der Waals surface area contributed by atoms with Crippen LogP contribution in [0.2, 0.25) is 0 Å². The normalized spacial score (nSPS) is 33.6. The van der Waals surface area contributed by atoms with Crippen LogP contribution in [0.4, 0.5) is 0 Å². The minimum absolute atomic E-state index is 0.147. The molecule has 80 valence electrons. The molecule has 15 heavy (non-hydrogen) atoms. The first-order valence-corrected chi connectivity index (χ1v) is 5.48. The van der Waals surface area contributed by atoms with Gasteiger partial charge in [0.05, 0.1) is 12.7 Å². The molecule has 1 saturated heterocycles. The highest BCUT2D eigenvalue weighted by atomic mass is 16.7. The number of benzene rings is 1. The van der Waals surface area contributed by atoms with Gasteiger partial charge in [0.1, 0.15) is 6.79 Å². The topological polar surface area (TPSA) is 18.5 Å². The number of fused-ring (bicyclic) bond motifs is 3. The van der Waals surface area contributed by atoms with Gasteiger partial charge in [-0.25, -0.2) is 0 Å². The van der Waals surface area contributed by atoms with Gasteiger partial charge < -0.3 is 9.47 Å². The summed E-state index contributed by atoms with van der Waals surface area (Å²) in [6.07, 6.45) is 1.32. The fourth-order valence-electron chi connectivity index (χ4n) is 2.86. The second kappa shape index (κ2) is 3.06. The van der Waals surface area contributed by atoms with Crippen molar-refractivity contribution in [1.82, 2.24) is 0 Å². The van der Waals surface area contributed by atoms with Crippen LogP contribution in [-0.4, -0.2) is 13.4 Å². The maximum atomic E-state index is 5.75. The van der Waals surface area contributed by atoms with Crippen molar-refractivity contribution in [3.05, 3.63) is 34.9 Å². The number of aryl methyl sites for hydroxylation is 1. The van der Waals surface area contributed by atoms with E-state index in [0.717, 1.165) is 13.0 Å². The maximum absolute atomic E-state index is 5.75. The second-order valence-corrected chi connectivity index (χ2v) is 5.05. The largest absolute Gasteiger partial charge is 0.355 e. The van der Waals surface area contributed by atoms with Crippen molar-refractivity contribution in [2.24, 2.45) is 5.41 Å². The Kier molecular flexibility index (Phi) is 1.91. The molecule has 1 aromatic carbocycles. The highest BCUT2D eigenvalue weighted by Crippen LogP contribution is 2.49. The van der Waals surface area contributed by atoms with Crippen LogP contribution in [0.25, 0.3) is 0 Å². The molecule has 1 aromatic rings. The van der Waals surface area contributed by atoms with Gasteiger partial charge in [-0.1, -0.05) is 30.7 Å². The van der Waals surface area contributed by atoms with Gasteiger partial charge >= 0.3 is 0 Å². The molecule has 0 amide bonds. The molecule has 2 aliphatic rings. The third-order valence-corrected chi connectivity index (χ3v) is 3.56. The molecule has 0 spiro atoms. The monoisotopic (exact) mass is 204 g/mol.